The Morgan fingerprint density at radius 2 is 1.40 bits per heavy atom. The molecular formula is C13H12N2O4S. The third kappa shape index (κ3) is 2.94. The number of anilines is 2. The molecule has 0 heterocycles. The molecule has 0 spiro atoms. The predicted molar refractivity (Wildman–Crippen MR) is 76.7 cm³/mol. The fraction of sp³-hybridized carbons (Fsp3) is 0.0769. The molecule has 104 valence electrons. The molecule has 0 fully saturated rings. The average molecular weight is 292 g/mol. The molecule has 0 radical (unpaired) electrons. The van der Waals surface area contributed by atoms with Crippen LogP contribution in [0.1, 0.15) is 5.56 Å². The Labute approximate surface area is 117 Å². The highest BCUT2D eigenvalue weighted by atomic mass is 32.2. The van der Waals surface area contributed by atoms with Crippen LogP contribution in [0.4, 0.5) is 17.1 Å². The summed E-state index contributed by atoms with van der Waals surface area (Å²) in [5, 5.41) is 10.6. The zero-order valence-corrected chi connectivity index (χ0v) is 11.5. The van der Waals surface area contributed by atoms with E-state index in [0.29, 0.717) is 11.4 Å². The lowest BCUT2D eigenvalue weighted by Crippen LogP contribution is -2.14. The second-order valence-electron chi connectivity index (χ2n) is 4.16. The van der Waals surface area contributed by atoms with Gasteiger partial charge in [-0.1, -0.05) is 17.7 Å². The first-order valence-electron chi connectivity index (χ1n) is 5.74. The van der Waals surface area contributed by atoms with E-state index in [-0.39, 0.29) is 5.69 Å². The largest absolute Gasteiger partial charge is 0.269 e. The van der Waals surface area contributed by atoms with Crippen LogP contribution in [0.5, 0.6) is 0 Å². The third-order valence-electron chi connectivity index (χ3n) is 2.75. The zero-order valence-electron chi connectivity index (χ0n) is 10.6. The van der Waals surface area contributed by atoms with Crippen LogP contribution in [0.3, 0.4) is 0 Å². The monoisotopic (exact) mass is 292 g/mol. The number of nitro benzene ring substituents is 1. The average Bonchev–Trinajstić information content (AvgIpc) is 2.41. The molecule has 0 aromatic heterocycles. The van der Waals surface area contributed by atoms with E-state index in [2.05, 4.69) is 0 Å². The molecule has 2 aromatic carbocycles. The van der Waals surface area contributed by atoms with Gasteiger partial charge in [-0.15, -0.1) is 0 Å². The first kappa shape index (κ1) is 14.0. The lowest BCUT2D eigenvalue weighted by Gasteiger charge is -2.17. The van der Waals surface area contributed by atoms with E-state index in [4.69, 9.17) is 0 Å². The van der Waals surface area contributed by atoms with Crippen molar-refractivity contribution in [2.45, 2.75) is 6.92 Å². The van der Waals surface area contributed by atoms with Gasteiger partial charge in [0.15, 0.2) is 0 Å². The van der Waals surface area contributed by atoms with E-state index in [0.717, 1.165) is 9.87 Å². The molecular weight excluding hydrogens is 280 g/mol. The van der Waals surface area contributed by atoms with E-state index in [1.807, 2.05) is 6.92 Å². The van der Waals surface area contributed by atoms with Crippen molar-refractivity contribution in [3.63, 3.8) is 0 Å². The number of rotatable bonds is 4. The summed E-state index contributed by atoms with van der Waals surface area (Å²) in [4.78, 5) is 10.1. The summed E-state index contributed by atoms with van der Waals surface area (Å²) in [6.45, 7) is 1.90. The lowest BCUT2D eigenvalue weighted by molar-refractivity contribution is -0.384. The van der Waals surface area contributed by atoms with Gasteiger partial charge in [0, 0.05) is 12.1 Å². The van der Waals surface area contributed by atoms with Crippen molar-refractivity contribution in [1.82, 2.24) is 0 Å². The highest BCUT2D eigenvalue weighted by Crippen LogP contribution is 2.27. The molecule has 7 heteroatoms. The number of nitro groups is 1. The second-order valence-corrected chi connectivity index (χ2v) is 5.03. The van der Waals surface area contributed by atoms with Gasteiger partial charge in [0.2, 0.25) is 10.9 Å². The molecule has 0 saturated heterocycles. The fourth-order valence-electron chi connectivity index (χ4n) is 1.74. The van der Waals surface area contributed by atoms with Gasteiger partial charge in [-0.05, 0) is 31.2 Å². The summed E-state index contributed by atoms with van der Waals surface area (Å²) >= 11 is 0. The maximum Gasteiger partial charge on any atom is 0.269 e. The first-order valence-corrected chi connectivity index (χ1v) is 6.87. The number of thiol groups is 1. The Morgan fingerprint density at radius 1 is 0.950 bits per heavy atom. The second kappa shape index (κ2) is 5.70. The van der Waals surface area contributed by atoms with Gasteiger partial charge in [0.25, 0.3) is 5.69 Å². The summed E-state index contributed by atoms with van der Waals surface area (Å²) in [6, 6.07) is 12.3. The van der Waals surface area contributed by atoms with Crippen LogP contribution in [0.25, 0.3) is 0 Å². The van der Waals surface area contributed by atoms with Crippen molar-refractivity contribution in [3.05, 3.63) is 64.2 Å². The van der Waals surface area contributed by atoms with Crippen LogP contribution in [0, 0.1) is 17.0 Å². The van der Waals surface area contributed by atoms with Gasteiger partial charge in [-0.2, -0.15) is 0 Å². The van der Waals surface area contributed by atoms with Crippen LogP contribution in [0.15, 0.2) is 48.5 Å². The SMILES string of the molecule is Cc1ccc(N(c2ccc([N+](=O)[O-])cc2)[SH](=O)=O)cc1. The third-order valence-corrected chi connectivity index (χ3v) is 3.54. The molecule has 0 aliphatic carbocycles. The lowest BCUT2D eigenvalue weighted by atomic mass is 10.2. The molecule has 0 aliphatic heterocycles. The molecule has 0 N–H and O–H groups in total. The molecule has 0 atom stereocenters. The Hall–Kier alpha value is -2.41. The summed E-state index contributed by atoms with van der Waals surface area (Å²) in [5.41, 5.74) is 1.77. The van der Waals surface area contributed by atoms with Crippen molar-refractivity contribution in [2.24, 2.45) is 0 Å². The number of benzene rings is 2. The van der Waals surface area contributed by atoms with Gasteiger partial charge < -0.3 is 0 Å². The van der Waals surface area contributed by atoms with Crippen LogP contribution in [-0.2, 0) is 10.9 Å². The Bertz CT molecular complexity index is 685. The fourth-order valence-corrected chi connectivity index (χ4v) is 2.38. The Morgan fingerprint density at radius 3 is 1.80 bits per heavy atom. The van der Waals surface area contributed by atoms with Crippen molar-refractivity contribution in [2.75, 3.05) is 4.31 Å². The molecule has 0 bridgehead atoms. The van der Waals surface area contributed by atoms with Gasteiger partial charge >= 0.3 is 0 Å². The van der Waals surface area contributed by atoms with Gasteiger partial charge in [0.1, 0.15) is 0 Å². The number of aryl methyl sites for hydroxylation is 1. The zero-order chi connectivity index (χ0) is 14.7. The minimum Gasteiger partial charge on any atom is -0.258 e. The number of hydrogen-bond acceptors (Lipinski definition) is 4. The molecule has 2 rings (SSSR count). The quantitative estimate of drug-likeness (QED) is 0.533. The van der Waals surface area contributed by atoms with E-state index in [1.54, 1.807) is 24.3 Å². The maximum absolute atomic E-state index is 11.4. The van der Waals surface area contributed by atoms with Crippen molar-refractivity contribution in [3.8, 4) is 0 Å². The van der Waals surface area contributed by atoms with E-state index in [9.17, 15) is 18.5 Å². The molecule has 6 nitrogen and oxygen atoms in total. The van der Waals surface area contributed by atoms with Gasteiger partial charge in [-0.3, -0.25) is 10.1 Å². The summed E-state index contributed by atoms with van der Waals surface area (Å²) in [5.74, 6) is 0. The standard InChI is InChI=1S/C13H12N2O4S/c1-10-2-4-11(5-3-10)14(20(18)19)12-6-8-13(9-7-12)15(16)17/h2-9,20H,1H3. The highest BCUT2D eigenvalue weighted by molar-refractivity contribution is 7.74. The van der Waals surface area contributed by atoms with Crippen molar-refractivity contribution >= 4 is 28.0 Å². The van der Waals surface area contributed by atoms with Crippen molar-refractivity contribution in [1.29, 1.82) is 0 Å². The summed E-state index contributed by atoms with van der Waals surface area (Å²) in [7, 11) is -2.89. The van der Waals surface area contributed by atoms with E-state index in [1.165, 1.54) is 24.3 Å². The first-order chi connectivity index (χ1) is 9.49. The topological polar surface area (TPSA) is 80.5 Å². The smallest absolute Gasteiger partial charge is 0.258 e. The van der Waals surface area contributed by atoms with Gasteiger partial charge in [-0.25, -0.2) is 12.7 Å². The predicted octanol–water partition coefficient (Wildman–Crippen LogP) is 2.57. The molecule has 2 aromatic rings. The summed E-state index contributed by atoms with van der Waals surface area (Å²) in [6.07, 6.45) is 0. The minimum atomic E-state index is -2.89. The van der Waals surface area contributed by atoms with Crippen LogP contribution in [-0.4, -0.2) is 13.3 Å². The minimum absolute atomic E-state index is 0.0845. The molecule has 0 saturated carbocycles. The number of nitrogens with zero attached hydrogens (tertiary/aromatic N) is 2. The van der Waals surface area contributed by atoms with Crippen LogP contribution < -0.4 is 4.31 Å². The summed E-state index contributed by atoms with van der Waals surface area (Å²) < 4.78 is 24.0. The Kier molecular flexibility index (Phi) is 3.99. The molecule has 0 amide bonds. The van der Waals surface area contributed by atoms with Gasteiger partial charge in [0.05, 0.1) is 16.3 Å². The number of non-ortho nitro benzene ring substituents is 1. The molecule has 20 heavy (non-hydrogen) atoms. The normalized spacial score (nSPS) is 10.5. The molecule has 0 aliphatic rings. The highest BCUT2D eigenvalue weighted by Gasteiger charge is 2.13. The van der Waals surface area contributed by atoms with Crippen LogP contribution in [0.2, 0.25) is 0 Å². The Balaban J connectivity index is 2.43. The maximum atomic E-state index is 11.4. The van der Waals surface area contributed by atoms with E-state index < -0.39 is 15.8 Å². The van der Waals surface area contributed by atoms with Crippen LogP contribution >= 0.6 is 0 Å². The molecule has 0 unspecified atom stereocenters. The number of hydrogen-bond donors (Lipinski definition) is 1. The van der Waals surface area contributed by atoms with E-state index >= 15 is 0 Å². The van der Waals surface area contributed by atoms with Crippen molar-refractivity contribution < 1.29 is 13.3 Å².